The van der Waals surface area contributed by atoms with Gasteiger partial charge in [-0.1, -0.05) is 25.4 Å². The maximum atomic E-state index is 11.1. The number of nitrogens with one attached hydrogen (secondary N) is 1. The Morgan fingerprint density at radius 1 is 1.42 bits per heavy atom. The highest BCUT2D eigenvalue weighted by Crippen LogP contribution is 2.19. The molecule has 0 aliphatic rings. The van der Waals surface area contributed by atoms with E-state index in [9.17, 15) is 4.79 Å². The van der Waals surface area contributed by atoms with Gasteiger partial charge in [0, 0.05) is 12.6 Å². The Kier molecular flexibility index (Phi) is 6.18. The van der Waals surface area contributed by atoms with E-state index in [4.69, 9.17) is 11.6 Å². The highest BCUT2D eigenvalue weighted by atomic mass is 35.5. The van der Waals surface area contributed by atoms with Crippen molar-refractivity contribution in [3.8, 4) is 0 Å². The van der Waals surface area contributed by atoms with Gasteiger partial charge in [-0.3, -0.25) is 4.79 Å². The number of carbonyl (C=O) groups excluding carboxylic acids is 1. The fourth-order valence-corrected chi connectivity index (χ4v) is 2.15. The molecule has 0 aromatic carbocycles. The number of likely N-dealkylation sites (N-methyl/N-ethyl adjacent to an activating group) is 1. The van der Waals surface area contributed by atoms with Crippen LogP contribution in [0.4, 0.5) is 5.82 Å². The summed E-state index contributed by atoms with van der Waals surface area (Å²) in [4.78, 5) is 21.1. The Morgan fingerprint density at radius 3 is 2.63 bits per heavy atom. The molecule has 0 spiro atoms. The Bertz CT molecular complexity index is 413. The highest BCUT2D eigenvalue weighted by Gasteiger charge is 2.16. The molecule has 0 radical (unpaired) electrons. The zero-order valence-corrected chi connectivity index (χ0v) is 12.6. The summed E-state index contributed by atoms with van der Waals surface area (Å²) >= 11 is 5.89. The summed E-state index contributed by atoms with van der Waals surface area (Å²) in [7, 11) is 4.03. The molecule has 0 aliphatic carbocycles. The molecule has 0 fully saturated rings. The van der Waals surface area contributed by atoms with Crippen LogP contribution >= 0.6 is 11.6 Å². The smallest absolute Gasteiger partial charge is 0.156 e. The zero-order valence-electron chi connectivity index (χ0n) is 11.9. The third kappa shape index (κ3) is 5.12. The summed E-state index contributed by atoms with van der Waals surface area (Å²) in [6.45, 7) is 5.19. The molecular formula is C13H21ClN4O. The number of anilines is 1. The lowest BCUT2D eigenvalue weighted by Gasteiger charge is -2.24. The maximum absolute atomic E-state index is 11.1. The number of hydrogen-bond donors (Lipinski definition) is 1. The summed E-state index contributed by atoms with van der Waals surface area (Å²) in [6.07, 6.45) is 3.03. The molecule has 0 bridgehead atoms. The van der Waals surface area contributed by atoms with Crippen molar-refractivity contribution in [3.63, 3.8) is 0 Å². The molecule has 0 aliphatic heterocycles. The van der Waals surface area contributed by atoms with Crippen LogP contribution < -0.4 is 5.32 Å². The third-order valence-corrected chi connectivity index (χ3v) is 2.94. The summed E-state index contributed by atoms with van der Waals surface area (Å²) < 4.78 is 0. The first-order valence-electron chi connectivity index (χ1n) is 6.31. The minimum Gasteiger partial charge on any atom is -0.365 e. The van der Waals surface area contributed by atoms with E-state index < -0.39 is 0 Å². The van der Waals surface area contributed by atoms with Gasteiger partial charge < -0.3 is 10.2 Å². The normalized spacial score (nSPS) is 12.8. The summed E-state index contributed by atoms with van der Waals surface area (Å²) in [5.41, 5.74) is 0.316. The summed E-state index contributed by atoms with van der Waals surface area (Å²) in [6, 6.07) is 0.208. The average molecular weight is 285 g/mol. The molecule has 5 nitrogen and oxygen atoms in total. The molecule has 6 heteroatoms. The lowest BCUT2D eigenvalue weighted by Crippen LogP contribution is -2.34. The number of aromatic nitrogens is 2. The van der Waals surface area contributed by atoms with E-state index in [0.29, 0.717) is 23.6 Å². The van der Waals surface area contributed by atoms with Gasteiger partial charge in [-0.05, 0) is 26.4 Å². The van der Waals surface area contributed by atoms with Crippen LogP contribution in [0.2, 0.25) is 5.15 Å². The quantitative estimate of drug-likeness (QED) is 0.615. The van der Waals surface area contributed by atoms with E-state index in [1.165, 1.54) is 6.33 Å². The fraction of sp³-hybridized carbons (Fsp3) is 0.615. The second kappa shape index (κ2) is 7.40. The summed E-state index contributed by atoms with van der Waals surface area (Å²) in [5, 5.41) is 3.47. The third-order valence-electron chi connectivity index (χ3n) is 2.64. The van der Waals surface area contributed by atoms with Gasteiger partial charge in [-0.2, -0.15) is 0 Å². The van der Waals surface area contributed by atoms with Gasteiger partial charge in [0.05, 0.1) is 5.56 Å². The Morgan fingerprint density at radius 2 is 2.11 bits per heavy atom. The molecular weight excluding hydrogens is 264 g/mol. The molecule has 0 amide bonds. The van der Waals surface area contributed by atoms with Gasteiger partial charge in [0.1, 0.15) is 17.3 Å². The molecule has 1 heterocycles. The maximum Gasteiger partial charge on any atom is 0.156 e. The molecule has 19 heavy (non-hydrogen) atoms. The van der Waals surface area contributed by atoms with Crippen molar-refractivity contribution in [2.24, 2.45) is 5.92 Å². The molecule has 1 aromatic heterocycles. The van der Waals surface area contributed by atoms with Gasteiger partial charge in [0.15, 0.2) is 6.29 Å². The van der Waals surface area contributed by atoms with Crippen molar-refractivity contribution >= 4 is 23.7 Å². The van der Waals surface area contributed by atoms with E-state index in [0.717, 1.165) is 13.0 Å². The molecule has 1 atom stereocenters. The lowest BCUT2D eigenvalue weighted by molar-refractivity contribution is 0.112. The van der Waals surface area contributed by atoms with Crippen LogP contribution in [0.5, 0.6) is 0 Å². The van der Waals surface area contributed by atoms with Gasteiger partial charge in [0.25, 0.3) is 0 Å². The van der Waals surface area contributed by atoms with Crippen LogP contribution in [0.25, 0.3) is 0 Å². The lowest BCUT2D eigenvalue weighted by atomic mass is 10.0. The second-order valence-electron chi connectivity index (χ2n) is 5.28. The van der Waals surface area contributed by atoms with Crippen molar-refractivity contribution in [2.75, 3.05) is 26.0 Å². The second-order valence-corrected chi connectivity index (χ2v) is 5.64. The van der Waals surface area contributed by atoms with Crippen LogP contribution in [0.3, 0.4) is 0 Å². The van der Waals surface area contributed by atoms with E-state index in [1.807, 2.05) is 14.1 Å². The first-order chi connectivity index (χ1) is 8.93. The number of nitrogens with zero attached hydrogens (tertiary/aromatic N) is 3. The highest BCUT2D eigenvalue weighted by molar-refractivity contribution is 6.32. The Labute approximate surface area is 119 Å². The molecule has 1 unspecified atom stereocenters. The molecule has 106 valence electrons. The molecule has 1 N–H and O–H groups in total. The Balaban J connectivity index is 2.89. The Hall–Kier alpha value is -1.20. The van der Waals surface area contributed by atoms with Crippen molar-refractivity contribution < 1.29 is 4.79 Å². The minimum atomic E-state index is 0.181. The van der Waals surface area contributed by atoms with Crippen LogP contribution in [0, 0.1) is 5.92 Å². The van der Waals surface area contributed by atoms with Gasteiger partial charge in [-0.15, -0.1) is 0 Å². The molecule has 0 saturated heterocycles. The number of aldehydes is 1. The molecule has 1 aromatic rings. The van der Waals surface area contributed by atoms with Crippen LogP contribution in [-0.2, 0) is 0 Å². The predicted octanol–water partition coefficient (Wildman–Crippen LogP) is 2.33. The SMILES string of the molecule is CC(C)CC(CN(C)C)Nc1ncnc(Cl)c1C=O. The molecule has 0 saturated carbocycles. The first-order valence-corrected chi connectivity index (χ1v) is 6.68. The number of carbonyl (C=O) groups is 1. The van der Waals surface area contributed by atoms with Gasteiger partial charge >= 0.3 is 0 Å². The van der Waals surface area contributed by atoms with Gasteiger partial charge in [0.2, 0.25) is 0 Å². The van der Waals surface area contributed by atoms with Crippen molar-refractivity contribution in [3.05, 3.63) is 17.0 Å². The average Bonchev–Trinajstić information content (AvgIpc) is 2.27. The zero-order chi connectivity index (χ0) is 14.4. The van der Waals surface area contributed by atoms with Crippen molar-refractivity contribution in [1.82, 2.24) is 14.9 Å². The topological polar surface area (TPSA) is 58.1 Å². The van der Waals surface area contributed by atoms with E-state index in [2.05, 4.69) is 34.0 Å². The van der Waals surface area contributed by atoms with E-state index in [1.54, 1.807) is 0 Å². The first kappa shape index (κ1) is 15.9. The van der Waals surface area contributed by atoms with Crippen LogP contribution in [0.15, 0.2) is 6.33 Å². The van der Waals surface area contributed by atoms with E-state index >= 15 is 0 Å². The van der Waals surface area contributed by atoms with E-state index in [-0.39, 0.29) is 11.2 Å². The molecule has 1 rings (SSSR count). The minimum absolute atomic E-state index is 0.181. The van der Waals surface area contributed by atoms with Crippen molar-refractivity contribution in [2.45, 2.75) is 26.3 Å². The largest absolute Gasteiger partial charge is 0.365 e. The van der Waals surface area contributed by atoms with Crippen LogP contribution in [0.1, 0.15) is 30.6 Å². The van der Waals surface area contributed by atoms with Crippen LogP contribution in [-0.4, -0.2) is 47.8 Å². The van der Waals surface area contributed by atoms with Gasteiger partial charge in [-0.25, -0.2) is 9.97 Å². The number of rotatable bonds is 7. The predicted molar refractivity (Wildman–Crippen MR) is 77.8 cm³/mol. The number of hydrogen-bond acceptors (Lipinski definition) is 5. The summed E-state index contributed by atoms with van der Waals surface area (Å²) in [5.74, 6) is 1.05. The fourth-order valence-electron chi connectivity index (χ4n) is 1.98. The van der Waals surface area contributed by atoms with Crippen molar-refractivity contribution in [1.29, 1.82) is 0 Å². The number of halogens is 1. The monoisotopic (exact) mass is 284 g/mol. The standard InChI is InChI=1S/C13H21ClN4O/c1-9(2)5-10(6-18(3)4)17-13-11(7-19)12(14)15-8-16-13/h7-10H,5-6H2,1-4H3,(H,15,16,17).